The second-order valence-corrected chi connectivity index (χ2v) is 6.93. The highest BCUT2D eigenvalue weighted by Crippen LogP contribution is 2.19. The molecule has 1 unspecified atom stereocenters. The van der Waals surface area contributed by atoms with Gasteiger partial charge < -0.3 is 24.1 Å². The summed E-state index contributed by atoms with van der Waals surface area (Å²) in [5, 5.41) is 10.0. The van der Waals surface area contributed by atoms with Gasteiger partial charge in [0.2, 0.25) is 0 Å². The van der Waals surface area contributed by atoms with Crippen molar-refractivity contribution in [1.82, 2.24) is 0 Å². The van der Waals surface area contributed by atoms with E-state index in [0.29, 0.717) is 57.4 Å². The molecular formula is C19H29IO6. The molecule has 0 heterocycles. The van der Waals surface area contributed by atoms with Gasteiger partial charge in [-0.3, -0.25) is 4.79 Å². The van der Waals surface area contributed by atoms with Crippen LogP contribution in [0.2, 0.25) is 0 Å². The van der Waals surface area contributed by atoms with E-state index in [2.05, 4.69) is 22.6 Å². The molecule has 0 fully saturated rings. The fraction of sp³-hybridized carbons (Fsp3) is 0.632. The molecular weight excluding hydrogens is 451 g/mol. The molecule has 0 radical (unpaired) electrons. The molecule has 0 saturated heterocycles. The number of hydrogen-bond acceptors (Lipinski definition) is 6. The van der Waals surface area contributed by atoms with Crippen LogP contribution in [0.25, 0.3) is 0 Å². The van der Waals surface area contributed by atoms with Gasteiger partial charge in [0.1, 0.15) is 18.0 Å². The van der Waals surface area contributed by atoms with Crippen molar-refractivity contribution in [1.29, 1.82) is 0 Å². The van der Waals surface area contributed by atoms with E-state index in [-0.39, 0.29) is 5.78 Å². The quantitative estimate of drug-likeness (QED) is 0.180. The lowest BCUT2D eigenvalue weighted by molar-refractivity contribution is 0.0120. The molecule has 0 aliphatic carbocycles. The lowest BCUT2D eigenvalue weighted by Crippen LogP contribution is -2.34. The highest BCUT2D eigenvalue weighted by molar-refractivity contribution is 14.1. The Bertz CT molecular complexity index is 503. The SMILES string of the molecule is CCC(C)(O)C(=O)c1ccc(OCCOCCOCCOCCI)cc1. The molecule has 26 heavy (non-hydrogen) atoms. The first-order valence-corrected chi connectivity index (χ1v) is 10.3. The van der Waals surface area contributed by atoms with Crippen LogP contribution >= 0.6 is 22.6 Å². The summed E-state index contributed by atoms with van der Waals surface area (Å²) in [6.07, 6.45) is 0.372. The Hall–Kier alpha value is -0.740. The third-order valence-electron chi connectivity index (χ3n) is 3.76. The van der Waals surface area contributed by atoms with Crippen molar-refractivity contribution in [3.63, 3.8) is 0 Å². The number of ether oxygens (including phenoxy) is 4. The third kappa shape index (κ3) is 9.27. The van der Waals surface area contributed by atoms with Crippen molar-refractivity contribution in [2.24, 2.45) is 0 Å². The molecule has 0 aromatic heterocycles. The summed E-state index contributed by atoms with van der Waals surface area (Å²) in [5.41, 5.74) is -0.861. The standard InChI is InChI=1S/C19H29IO6/c1-3-19(2,22)18(21)16-4-6-17(7-5-16)26-15-14-25-13-12-24-11-10-23-9-8-20/h4-7,22H,3,8-15H2,1-2H3. The van der Waals surface area contributed by atoms with Gasteiger partial charge in [0.05, 0.1) is 39.6 Å². The molecule has 0 aliphatic heterocycles. The zero-order valence-corrected chi connectivity index (χ0v) is 17.7. The fourth-order valence-electron chi connectivity index (χ4n) is 1.99. The minimum atomic E-state index is -1.33. The summed E-state index contributed by atoms with van der Waals surface area (Å²) in [5.74, 6) is 0.375. The zero-order chi connectivity index (χ0) is 19.3. The molecule has 0 saturated carbocycles. The minimum Gasteiger partial charge on any atom is -0.491 e. The number of rotatable bonds is 15. The molecule has 1 atom stereocenters. The lowest BCUT2D eigenvalue weighted by Gasteiger charge is -2.19. The number of halogens is 1. The van der Waals surface area contributed by atoms with Crippen LogP contribution in [0.1, 0.15) is 30.6 Å². The van der Waals surface area contributed by atoms with Gasteiger partial charge in [0, 0.05) is 9.99 Å². The number of Topliss-reactive ketones (excluding diaryl/α,β-unsaturated/α-hetero) is 1. The molecule has 1 aromatic rings. The van der Waals surface area contributed by atoms with Crippen molar-refractivity contribution >= 4 is 28.4 Å². The molecule has 1 aromatic carbocycles. The van der Waals surface area contributed by atoms with Gasteiger partial charge in [0.15, 0.2) is 5.78 Å². The highest BCUT2D eigenvalue weighted by atomic mass is 127. The van der Waals surface area contributed by atoms with Crippen LogP contribution in [-0.2, 0) is 14.2 Å². The summed E-state index contributed by atoms with van der Waals surface area (Å²) in [6, 6.07) is 6.77. The summed E-state index contributed by atoms with van der Waals surface area (Å²) >= 11 is 2.26. The Labute approximate surface area is 169 Å². The molecule has 0 amide bonds. The largest absolute Gasteiger partial charge is 0.491 e. The van der Waals surface area contributed by atoms with Crippen LogP contribution in [-0.4, -0.2) is 67.2 Å². The first kappa shape index (κ1) is 23.3. The van der Waals surface area contributed by atoms with Crippen LogP contribution in [0, 0.1) is 0 Å². The first-order valence-electron chi connectivity index (χ1n) is 8.80. The van der Waals surface area contributed by atoms with E-state index in [9.17, 15) is 9.90 Å². The summed E-state index contributed by atoms with van der Waals surface area (Å²) in [6.45, 7) is 7.16. The van der Waals surface area contributed by atoms with E-state index in [1.165, 1.54) is 6.92 Å². The second-order valence-electron chi connectivity index (χ2n) is 5.86. The predicted octanol–water partition coefficient (Wildman–Crippen LogP) is 2.89. The second kappa shape index (κ2) is 13.4. The topological polar surface area (TPSA) is 74.2 Å². The van der Waals surface area contributed by atoms with Crippen molar-refractivity contribution in [2.75, 3.05) is 50.7 Å². The van der Waals surface area contributed by atoms with E-state index in [4.69, 9.17) is 18.9 Å². The van der Waals surface area contributed by atoms with Crippen LogP contribution < -0.4 is 4.74 Å². The van der Waals surface area contributed by atoms with Gasteiger partial charge in [-0.1, -0.05) is 29.5 Å². The van der Waals surface area contributed by atoms with Crippen molar-refractivity contribution in [3.05, 3.63) is 29.8 Å². The zero-order valence-electron chi connectivity index (χ0n) is 15.5. The number of alkyl halides is 1. The Kier molecular flexibility index (Phi) is 12.0. The Morgan fingerprint density at radius 3 is 1.96 bits per heavy atom. The Balaban J connectivity index is 2.12. The Morgan fingerprint density at radius 1 is 0.962 bits per heavy atom. The number of aliphatic hydroxyl groups is 1. The maximum Gasteiger partial charge on any atom is 0.194 e. The van der Waals surface area contributed by atoms with E-state index < -0.39 is 5.60 Å². The highest BCUT2D eigenvalue weighted by Gasteiger charge is 2.28. The number of hydrogen-bond donors (Lipinski definition) is 1. The van der Waals surface area contributed by atoms with Crippen molar-refractivity contribution in [2.45, 2.75) is 25.9 Å². The number of carbonyl (C=O) groups is 1. The van der Waals surface area contributed by atoms with Gasteiger partial charge in [-0.15, -0.1) is 0 Å². The molecule has 0 aliphatic rings. The molecule has 0 spiro atoms. The van der Waals surface area contributed by atoms with Crippen LogP contribution in [0.3, 0.4) is 0 Å². The predicted molar refractivity (Wildman–Crippen MR) is 109 cm³/mol. The van der Waals surface area contributed by atoms with Gasteiger partial charge in [-0.25, -0.2) is 0 Å². The third-order valence-corrected chi connectivity index (χ3v) is 4.20. The first-order chi connectivity index (χ1) is 12.5. The summed E-state index contributed by atoms with van der Waals surface area (Å²) < 4.78 is 22.6. The molecule has 1 N–H and O–H groups in total. The van der Waals surface area contributed by atoms with Gasteiger partial charge >= 0.3 is 0 Å². The average molecular weight is 480 g/mol. The fourth-order valence-corrected chi connectivity index (χ4v) is 2.30. The smallest absolute Gasteiger partial charge is 0.194 e. The summed E-state index contributed by atoms with van der Waals surface area (Å²) in [7, 11) is 0. The lowest BCUT2D eigenvalue weighted by atomic mass is 9.92. The normalized spacial score (nSPS) is 13.4. The Morgan fingerprint density at radius 2 is 1.46 bits per heavy atom. The van der Waals surface area contributed by atoms with Gasteiger partial charge in [0.25, 0.3) is 0 Å². The molecule has 148 valence electrons. The maximum atomic E-state index is 12.1. The number of ketones is 1. The van der Waals surface area contributed by atoms with Gasteiger partial charge in [-0.2, -0.15) is 0 Å². The van der Waals surface area contributed by atoms with Crippen LogP contribution in [0.15, 0.2) is 24.3 Å². The van der Waals surface area contributed by atoms with E-state index >= 15 is 0 Å². The molecule has 0 bridgehead atoms. The van der Waals surface area contributed by atoms with E-state index in [1.54, 1.807) is 31.2 Å². The maximum absolute atomic E-state index is 12.1. The van der Waals surface area contributed by atoms with Gasteiger partial charge in [-0.05, 0) is 37.6 Å². The number of carbonyl (C=O) groups excluding carboxylic acids is 1. The van der Waals surface area contributed by atoms with Crippen LogP contribution in [0.4, 0.5) is 0 Å². The van der Waals surface area contributed by atoms with Crippen LogP contribution in [0.5, 0.6) is 5.75 Å². The number of benzene rings is 1. The monoisotopic (exact) mass is 480 g/mol. The van der Waals surface area contributed by atoms with Crippen molar-refractivity contribution < 1.29 is 28.8 Å². The average Bonchev–Trinajstić information content (AvgIpc) is 2.66. The van der Waals surface area contributed by atoms with E-state index in [1.807, 2.05) is 0 Å². The minimum absolute atomic E-state index is 0.283. The van der Waals surface area contributed by atoms with Crippen molar-refractivity contribution in [3.8, 4) is 5.75 Å². The molecule has 1 rings (SSSR count). The molecule has 7 heteroatoms. The van der Waals surface area contributed by atoms with E-state index in [0.717, 1.165) is 11.0 Å². The summed E-state index contributed by atoms with van der Waals surface area (Å²) in [4.78, 5) is 12.1. The molecule has 6 nitrogen and oxygen atoms in total.